The molecule has 4 aromatic rings. The molecule has 1 aliphatic heterocycles. The van der Waals surface area contributed by atoms with E-state index >= 15 is 0 Å². The molecule has 0 amide bonds. The molecule has 1 aliphatic rings. The van der Waals surface area contributed by atoms with Gasteiger partial charge in [-0.05, 0) is 42.8 Å². The molecule has 2 heterocycles. The standard InChI is InChI=1S/C27H25N3O3S/c1-19(21-12-13-25-26(16-21)33-15-14-32-25)29-30-23(22-10-6-7-11-24(22)31-2)18-34-27(30)28-17-20-8-4-3-5-9-20/h3-13,16,18H,14-15,17H2,1-2H3. The van der Waals surface area contributed by atoms with E-state index in [2.05, 4.69) is 17.5 Å². The summed E-state index contributed by atoms with van der Waals surface area (Å²) in [6, 6.07) is 24.1. The van der Waals surface area contributed by atoms with Gasteiger partial charge in [-0.25, -0.2) is 4.68 Å². The van der Waals surface area contributed by atoms with Crippen LogP contribution in [0.1, 0.15) is 18.1 Å². The minimum atomic E-state index is 0.548. The number of benzene rings is 3. The summed E-state index contributed by atoms with van der Waals surface area (Å²) >= 11 is 1.56. The van der Waals surface area contributed by atoms with Crippen LogP contribution in [0.5, 0.6) is 17.2 Å². The Balaban J connectivity index is 1.60. The van der Waals surface area contributed by atoms with Gasteiger partial charge < -0.3 is 14.2 Å². The van der Waals surface area contributed by atoms with Crippen molar-refractivity contribution in [1.82, 2.24) is 4.68 Å². The highest BCUT2D eigenvalue weighted by Gasteiger charge is 2.15. The molecule has 0 saturated carbocycles. The maximum atomic E-state index is 5.76. The molecule has 0 N–H and O–H groups in total. The minimum absolute atomic E-state index is 0.548. The van der Waals surface area contributed by atoms with Crippen molar-refractivity contribution < 1.29 is 14.2 Å². The van der Waals surface area contributed by atoms with E-state index in [9.17, 15) is 0 Å². The lowest BCUT2D eigenvalue weighted by molar-refractivity contribution is 0.171. The van der Waals surface area contributed by atoms with Crippen LogP contribution >= 0.6 is 11.3 Å². The summed E-state index contributed by atoms with van der Waals surface area (Å²) in [7, 11) is 1.68. The zero-order chi connectivity index (χ0) is 23.3. The first-order valence-electron chi connectivity index (χ1n) is 11.1. The molecule has 5 rings (SSSR count). The molecular weight excluding hydrogens is 446 g/mol. The number of hydrogen-bond donors (Lipinski definition) is 0. The summed E-state index contributed by atoms with van der Waals surface area (Å²) in [4.78, 5) is 5.69. The van der Waals surface area contributed by atoms with Crippen molar-refractivity contribution in [3.8, 4) is 28.5 Å². The second kappa shape index (κ2) is 9.97. The smallest absolute Gasteiger partial charge is 0.206 e. The van der Waals surface area contributed by atoms with Crippen molar-refractivity contribution in [3.05, 3.63) is 94.1 Å². The van der Waals surface area contributed by atoms with Crippen LogP contribution in [0.15, 0.2) is 88.3 Å². The molecule has 0 fully saturated rings. The van der Waals surface area contributed by atoms with Crippen molar-refractivity contribution in [1.29, 1.82) is 0 Å². The van der Waals surface area contributed by atoms with Crippen molar-refractivity contribution in [2.24, 2.45) is 10.1 Å². The highest BCUT2D eigenvalue weighted by Crippen LogP contribution is 2.32. The number of rotatable bonds is 6. The number of fused-ring (bicyclic) bond motifs is 1. The van der Waals surface area contributed by atoms with Gasteiger partial charge in [-0.15, -0.1) is 11.3 Å². The van der Waals surface area contributed by atoms with Gasteiger partial charge in [-0.3, -0.25) is 4.99 Å². The summed E-state index contributed by atoms with van der Waals surface area (Å²) in [6.07, 6.45) is 0. The molecule has 0 aliphatic carbocycles. The lowest BCUT2D eigenvalue weighted by atomic mass is 10.1. The third-order valence-corrected chi connectivity index (χ3v) is 6.37. The quantitative estimate of drug-likeness (QED) is 0.355. The second-order valence-corrected chi connectivity index (χ2v) is 8.60. The number of nitrogens with zero attached hydrogens (tertiary/aromatic N) is 3. The Kier molecular flexibility index (Phi) is 6.44. The molecule has 172 valence electrons. The Labute approximate surface area is 202 Å². The highest BCUT2D eigenvalue weighted by atomic mass is 32.1. The summed E-state index contributed by atoms with van der Waals surface area (Å²) < 4.78 is 19.0. The SMILES string of the molecule is COc1ccccc1-c1csc(=NCc2ccccc2)n1N=C(C)c1ccc2c(c1)OCCO2. The molecule has 3 aromatic carbocycles. The molecule has 0 spiro atoms. The minimum Gasteiger partial charge on any atom is -0.496 e. The number of aromatic nitrogens is 1. The summed E-state index contributed by atoms with van der Waals surface area (Å²) in [6.45, 7) is 3.68. The zero-order valence-corrected chi connectivity index (χ0v) is 19.9. The first kappa shape index (κ1) is 22.0. The van der Waals surface area contributed by atoms with E-state index in [-0.39, 0.29) is 0 Å². The van der Waals surface area contributed by atoms with E-state index in [1.54, 1.807) is 18.4 Å². The van der Waals surface area contributed by atoms with Crippen molar-refractivity contribution in [2.75, 3.05) is 20.3 Å². The van der Waals surface area contributed by atoms with Crippen LogP contribution in [-0.2, 0) is 6.54 Å². The van der Waals surface area contributed by atoms with Gasteiger partial charge in [-0.2, -0.15) is 5.10 Å². The fourth-order valence-electron chi connectivity index (χ4n) is 3.76. The molecule has 0 saturated heterocycles. The maximum absolute atomic E-state index is 5.76. The fourth-order valence-corrected chi connectivity index (χ4v) is 4.59. The summed E-state index contributed by atoms with van der Waals surface area (Å²) in [5.74, 6) is 2.29. The van der Waals surface area contributed by atoms with Crippen molar-refractivity contribution in [2.45, 2.75) is 13.5 Å². The summed E-state index contributed by atoms with van der Waals surface area (Å²) in [5, 5.41) is 7.07. The average Bonchev–Trinajstić information content (AvgIpc) is 3.29. The van der Waals surface area contributed by atoms with Crippen LogP contribution in [0.3, 0.4) is 0 Å². The van der Waals surface area contributed by atoms with Crippen LogP contribution < -0.4 is 19.0 Å². The largest absolute Gasteiger partial charge is 0.496 e. The van der Waals surface area contributed by atoms with E-state index in [4.69, 9.17) is 24.3 Å². The lowest BCUT2D eigenvalue weighted by Gasteiger charge is -2.18. The molecule has 0 bridgehead atoms. The van der Waals surface area contributed by atoms with Crippen molar-refractivity contribution in [3.63, 3.8) is 0 Å². The maximum Gasteiger partial charge on any atom is 0.206 e. The number of ether oxygens (including phenoxy) is 3. The molecule has 34 heavy (non-hydrogen) atoms. The average molecular weight is 472 g/mol. The predicted octanol–water partition coefficient (Wildman–Crippen LogP) is 5.37. The van der Waals surface area contributed by atoms with Gasteiger partial charge in [0.2, 0.25) is 4.80 Å². The second-order valence-electron chi connectivity index (χ2n) is 7.76. The number of para-hydroxylation sites is 1. The molecule has 6 nitrogen and oxygen atoms in total. The van der Waals surface area contributed by atoms with Crippen LogP contribution in [-0.4, -0.2) is 30.7 Å². The zero-order valence-electron chi connectivity index (χ0n) is 19.1. The summed E-state index contributed by atoms with van der Waals surface area (Å²) in [5.41, 5.74) is 4.83. The van der Waals surface area contributed by atoms with Gasteiger partial charge in [0.25, 0.3) is 0 Å². The molecule has 0 radical (unpaired) electrons. The van der Waals surface area contributed by atoms with E-state index < -0.39 is 0 Å². The number of thiazole rings is 1. The Morgan fingerprint density at radius 2 is 1.74 bits per heavy atom. The van der Waals surface area contributed by atoms with Gasteiger partial charge in [0.15, 0.2) is 11.5 Å². The Morgan fingerprint density at radius 3 is 2.56 bits per heavy atom. The van der Waals surface area contributed by atoms with Gasteiger partial charge in [0.1, 0.15) is 19.0 Å². The molecule has 0 atom stereocenters. The van der Waals surface area contributed by atoms with Gasteiger partial charge in [-0.1, -0.05) is 42.5 Å². The van der Waals surface area contributed by atoms with E-state index in [0.717, 1.165) is 50.1 Å². The fraction of sp³-hybridized carbons (Fsp3) is 0.185. The van der Waals surface area contributed by atoms with Gasteiger partial charge in [0.05, 0.1) is 25.1 Å². The molecule has 7 heteroatoms. The van der Waals surface area contributed by atoms with Crippen LogP contribution in [0.25, 0.3) is 11.3 Å². The predicted molar refractivity (Wildman–Crippen MR) is 135 cm³/mol. The first-order valence-corrected chi connectivity index (χ1v) is 11.9. The van der Waals surface area contributed by atoms with Gasteiger partial charge >= 0.3 is 0 Å². The molecule has 0 unspecified atom stereocenters. The van der Waals surface area contributed by atoms with E-state index in [0.29, 0.717) is 19.8 Å². The third kappa shape index (κ3) is 4.61. The van der Waals surface area contributed by atoms with Gasteiger partial charge in [0, 0.05) is 16.5 Å². The molecular formula is C27H25N3O3S. The molecule has 1 aromatic heterocycles. The van der Waals surface area contributed by atoms with E-state index in [1.165, 1.54) is 0 Å². The Morgan fingerprint density at radius 1 is 0.971 bits per heavy atom. The monoisotopic (exact) mass is 471 g/mol. The topological polar surface area (TPSA) is 57.3 Å². The van der Waals surface area contributed by atoms with Crippen LogP contribution in [0.2, 0.25) is 0 Å². The first-order chi connectivity index (χ1) is 16.7. The normalized spacial score (nSPS) is 13.7. The Bertz CT molecular complexity index is 1390. The van der Waals surface area contributed by atoms with E-state index in [1.807, 2.05) is 72.3 Å². The van der Waals surface area contributed by atoms with Crippen LogP contribution in [0, 0.1) is 0 Å². The lowest BCUT2D eigenvalue weighted by Crippen LogP contribution is -2.16. The number of methoxy groups -OCH3 is 1. The Hall–Kier alpha value is -3.84. The highest BCUT2D eigenvalue weighted by molar-refractivity contribution is 7.07. The third-order valence-electron chi connectivity index (χ3n) is 5.52. The number of hydrogen-bond acceptors (Lipinski definition) is 6. The van der Waals surface area contributed by atoms with Crippen molar-refractivity contribution >= 4 is 17.0 Å². The van der Waals surface area contributed by atoms with Crippen LogP contribution in [0.4, 0.5) is 0 Å².